The molecule has 1 aromatic heterocycles. The number of aryl methyl sites for hydroxylation is 2. The van der Waals surface area contributed by atoms with Crippen molar-refractivity contribution in [2.45, 2.75) is 20.3 Å². The second kappa shape index (κ2) is 7.28. The molecule has 0 atom stereocenters. The normalized spacial score (nSPS) is 10.3. The fraction of sp³-hybridized carbons (Fsp3) is 0.294. The fourth-order valence-corrected chi connectivity index (χ4v) is 3.16. The number of carbonyl (C=O) groups excluding carboxylic acids is 2. The number of benzene rings is 1. The number of nitrogens with one attached hydrogen (secondary N) is 2. The number of carbonyl (C=O) groups is 2. The minimum Gasteiger partial charge on any atom is -0.378 e. The molecule has 23 heavy (non-hydrogen) atoms. The van der Waals surface area contributed by atoms with E-state index < -0.39 is 0 Å². The molecule has 0 unspecified atom stereocenters. The monoisotopic (exact) mass is 331 g/mol. The van der Waals surface area contributed by atoms with Crippen LogP contribution >= 0.6 is 11.3 Å². The number of hydrogen-bond donors (Lipinski definition) is 2. The molecule has 1 aromatic carbocycles. The SMILES string of the molecule is CCc1cc(C(=O)NNC(=O)c2cccc(N(C)C)c2)sc1C. The van der Waals surface area contributed by atoms with E-state index in [9.17, 15) is 9.59 Å². The van der Waals surface area contributed by atoms with Gasteiger partial charge >= 0.3 is 0 Å². The summed E-state index contributed by atoms with van der Waals surface area (Å²) in [5.74, 6) is -0.638. The molecule has 2 N–H and O–H groups in total. The first kappa shape index (κ1) is 17.0. The number of nitrogens with zero attached hydrogens (tertiary/aromatic N) is 1. The van der Waals surface area contributed by atoms with Crippen LogP contribution in [0.25, 0.3) is 0 Å². The highest BCUT2D eigenvalue weighted by Gasteiger charge is 2.13. The van der Waals surface area contributed by atoms with E-state index in [1.165, 1.54) is 11.3 Å². The Bertz CT molecular complexity index is 722. The Balaban J connectivity index is 2.00. The summed E-state index contributed by atoms with van der Waals surface area (Å²) >= 11 is 1.43. The highest BCUT2D eigenvalue weighted by molar-refractivity contribution is 7.14. The van der Waals surface area contributed by atoms with Gasteiger partial charge in [-0.1, -0.05) is 13.0 Å². The Hall–Kier alpha value is -2.34. The van der Waals surface area contributed by atoms with Gasteiger partial charge in [0.05, 0.1) is 4.88 Å². The largest absolute Gasteiger partial charge is 0.378 e. The van der Waals surface area contributed by atoms with Crippen LogP contribution in [0.4, 0.5) is 5.69 Å². The zero-order chi connectivity index (χ0) is 17.0. The third kappa shape index (κ3) is 4.10. The van der Waals surface area contributed by atoms with Crippen molar-refractivity contribution >= 4 is 28.8 Å². The molecule has 2 amide bonds. The van der Waals surface area contributed by atoms with Gasteiger partial charge in [-0.2, -0.15) is 0 Å². The van der Waals surface area contributed by atoms with E-state index in [1.54, 1.807) is 12.1 Å². The summed E-state index contributed by atoms with van der Waals surface area (Å²) in [6.45, 7) is 4.04. The van der Waals surface area contributed by atoms with Gasteiger partial charge in [-0.05, 0) is 43.2 Å². The Morgan fingerprint density at radius 3 is 2.43 bits per heavy atom. The molecule has 0 aliphatic carbocycles. The van der Waals surface area contributed by atoms with Gasteiger partial charge in [0, 0.05) is 30.2 Å². The highest BCUT2D eigenvalue weighted by Crippen LogP contribution is 2.21. The standard InChI is InChI=1S/C17H21N3O2S/c1-5-12-10-15(23-11(12)2)17(22)19-18-16(21)13-7-6-8-14(9-13)20(3)4/h6-10H,5H2,1-4H3,(H,18,21)(H,19,22). The first-order valence-electron chi connectivity index (χ1n) is 7.39. The molecule has 2 rings (SSSR count). The van der Waals surface area contributed by atoms with Crippen molar-refractivity contribution in [3.63, 3.8) is 0 Å². The number of anilines is 1. The molecule has 0 aliphatic heterocycles. The topological polar surface area (TPSA) is 61.4 Å². The molecular formula is C17H21N3O2S. The summed E-state index contributed by atoms with van der Waals surface area (Å²) < 4.78 is 0. The second-order valence-corrected chi connectivity index (χ2v) is 6.65. The minimum atomic E-state index is -0.342. The molecular weight excluding hydrogens is 310 g/mol. The highest BCUT2D eigenvalue weighted by atomic mass is 32.1. The van der Waals surface area contributed by atoms with Crippen LogP contribution in [0.3, 0.4) is 0 Å². The van der Waals surface area contributed by atoms with Gasteiger partial charge in [0.2, 0.25) is 0 Å². The van der Waals surface area contributed by atoms with Gasteiger partial charge in [0.15, 0.2) is 0 Å². The number of hydrogen-bond acceptors (Lipinski definition) is 4. The van der Waals surface area contributed by atoms with E-state index in [4.69, 9.17) is 0 Å². The quantitative estimate of drug-likeness (QED) is 0.847. The molecule has 122 valence electrons. The Morgan fingerprint density at radius 2 is 1.83 bits per heavy atom. The zero-order valence-corrected chi connectivity index (χ0v) is 14.6. The predicted molar refractivity (Wildman–Crippen MR) is 94.1 cm³/mol. The lowest BCUT2D eigenvalue weighted by Gasteiger charge is -2.13. The molecule has 1 heterocycles. The maximum Gasteiger partial charge on any atom is 0.279 e. The van der Waals surface area contributed by atoms with E-state index in [2.05, 4.69) is 17.8 Å². The Kier molecular flexibility index (Phi) is 5.39. The lowest BCUT2D eigenvalue weighted by Crippen LogP contribution is -2.41. The van der Waals surface area contributed by atoms with Crippen molar-refractivity contribution in [1.29, 1.82) is 0 Å². The number of hydrazine groups is 1. The van der Waals surface area contributed by atoms with Crippen LogP contribution < -0.4 is 15.8 Å². The molecule has 6 heteroatoms. The van der Waals surface area contributed by atoms with Crippen LogP contribution in [0.2, 0.25) is 0 Å². The first-order chi connectivity index (χ1) is 10.9. The van der Waals surface area contributed by atoms with Gasteiger partial charge in [0.25, 0.3) is 11.8 Å². The van der Waals surface area contributed by atoms with Crippen LogP contribution in [-0.4, -0.2) is 25.9 Å². The second-order valence-electron chi connectivity index (χ2n) is 5.40. The molecule has 0 saturated heterocycles. The number of rotatable bonds is 4. The van der Waals surface area contributed by atoms with E-state index >= 15 is 0 Å². The van der Waals surface area contributed by atoms with Gasteiger partial charge < -0.3 is 4.90 Å². The molecule has 5 nitrogen and oxygen atoms in total. The number of amides is 2. The number of thiophene rings is 1. The fourth-order valence-electron chi connectivity index (χ4n) is 2.16. The average molecular weight is 331 g/mol. The molecule has 0 radical (unpaired) electrons. The van der Waals surface area contributed by atoms with Crippen molar-refractivity contribution in [2.75, 3.05) is 19.0 Å². The van der Waals surface area contributed by atoms with E-state index in [0.29, 0.717) is 10.4 Å². The van der Waals surface area contributed by atoms with Crippen LogP contribution in [0.15, 0.2) is 30.3 Å². The predicted octanol–water partition coefficient (Wildman–Crippen LogP) is 2.76. The van der Waals surface area contributed by atoms with Crippen molar-refractivity contribution in [3.05, 3.63) is 51.2 Å². The van der Waals surface area contributed by atoms with Crippen LogP contribution in [0, 0.1) is 6.92 Å². The molecule has 0 fully saturated rings. The van der Waals surface area contributed by atoms with Crippen molar-refractivity contribution < 1.29 is 9.59 Å². The average Bonchev–Trinajstić information content (AvgIpc) is 2.93. The summed E-state index contributed by atoms with van der Waals surface area (Å²) in [5, 5.41) is 0. The molecule has 0 saturated carbocycles. The van der Waals surface area contributed by atoms with E-state index in [1.807, 2.05) is 44.1 Å². The summed E-state index contributed by atoms with van der Waals surface area (Å²) in [5.41, 5.74) is 7.50. The van der Waals surface area contributed by atoms with Crippen LogP contribution in [0.5, 0.6) is 0 Å². The van der Waals surface area contributed by atoms with Gasteiger partial charge in [0.1, 0.15) is 0 Å². The van der Waals surface area contributed by atoms with E-state index in [-0.39, 0.29) is 11.8 Å². The van der Waals surface area contributed by atoms with Gasteiger partial charge in [-0.25, -0.2) is 0 Å². The third-order valence-corrected chi connectivity index (χ3v) is 4.63. The summed E-state index contributed by atoms with van der Waals surface area (Å²) in [6.07, 6.45) is 0.888. The smallest absolute Gasteiger partial charge is 0.279 e. The van der Waals surface area contributed by atoms with Gasteiger partial charge in [-0.3, -0.25) is 20.4 Å². The molecule has 0 aliphatic rings. The first-order valence-corrected chi connectivity index (χ1v) is 8.21. The minimum absolute atomic E-state index is 0.296. The lowest BCUT2D eigenvalue weighted by atomic mass is 10.2. The Morgan fingerprint density at radius 1 is 1.13 bits per heavy atom. The van der Waals surface area contributed by atoms with Crippen molar-refractivity contribution in [2.24, 2.45) is 0 Å². The molecule has 2 aromatic rings. The third-order valence-electron chi connectivity index (χ3n) is 3.54. The Labute approximate surface area is 140 Å². The zero-order valence-electron chi connectivity index (χ0n) is 13.8. The van der Waals surface area contributed by atoms with Crippen LogP contribution in [0.1, 0.15) is 37.4 Å². The van der Waals surface area contributed by atoms with Gasteiger partial charge in [-0.15, -0.1) is 11.3 Å². The molecule has 0 bridgehead atoms. The van der Waals surface area contributed by atoms with Crippen molar-refractivity contribution in [1.82, 2.24) is 10.9 Å². The maximum absolute atomic E-state index is 12.1. The summed E-state index contributed by atoms with van der Waals surface area (Å²) in [4.78, 5) is 27.9. The van der Waals surface area contributed by atoms with Crippen molar-refractivity contribution in [3.8, 4) is 0 Å². The molecule has 0 spiro atoms. The summed E-state index contributed by atoms with van der Waals surface area (Å²) in [6, 6.07) is 9.07. The lowest BCUT2D eigenvalue weighted by molar-refractivity contribution is 0.0849. The van der Waals surface area contributed by atoms with Crippen LogP contribution in [-0.2, 0) is 6.42 Å². The maximum atomic E-state index is 12.1. The van der Waals surface area contributed by atoms with E-state index in [0.717, 1.165) is 22.5 Å². The summed E-state index contributed by atoms with van der Waals surface area (Å²) in [7, 11) is 3.81.